The third kappa shape index (κ3) is 5.81. The fourth-order valence-corrected chi connectivity index (χ4v) is 6.70. The Labute approximate surface area is 254 Å². The molecule has 1 saturated carbocycles. The maximum atomic E-state index is 10.5. The SMILES string of the molecule is OC(COc1ccc(C2(c3ccc(OCCCCl)cc3)c3ccccc3-c3ccccc32)cc1)COC1CCCCC1. The molecule has 4 aromatic rings. The highest BCUT2D eigenvalue weighted by molar-refractivity contribution is 6.17. The van der Waals surface area contributed by atoms with Gasteiger partial charge in [-0.15, -0.1) is 11.6 Å². The summed E-state index contributed by atoms with van der Waals surface area (Å²) in [5, 5.41) is 10.5. The largest absolute Gasteiger partial charge is 0.494 e. The van der Waals surface area contributed by atoms with Crippen LogP contribution in [0.1, 0.15) is 60.8 Å². The van der Waals surface area contributed by atoms with Crippen LogP contribution in [0.2, 0.25) is 0 Å². The number of aliphatic hydroxyl groups is 1. The van der Waals surface area contributed by atoms with E-state index in [1.54, 1.807) is 0 Å². The van der Waals surface area contributed by atoms with Crippen LogP contribution in [0.25, 0.3) is 11.1 Å². The van der Waals surface area contributed by atoms with Gasteiger partial charge in [0.15, 0.2) is 0 Å². The molecule has 4 nitrogen and oxygen atoms in total. The molecule has 6 rings (SSSR count). The monoisotopic (exact) mass is 582 g/mol. The molecule has 4 aromatic carbocycles. The number of halogens is 1. The Kier molecular flexibility index (Phi) is 9.14. The number of rotatable bonds is 12. The highest BCUT2D eigenvalue weighted by Gasteiger charge is 2.45. The minimum Gasteiger partial charge on any atom is -0.494 e. The van der Waals surface area contributed by atoms with Gasteiger partial charge in [-0.1, -0.05) is 92.1 Å². The number of ether oxygens (including phenoxy) is 3. The van der Waals surface area contributed by atoms with Gasteiger partial charge in [0.05, 0.1) is 24.7 Å². The number of alkyl halides is 1. The van der Waals surface area contributed by atoms with Crippen molar-refractivity contribution in [1.29, 1.82) is 0 Å². The van der Waals surface area contributed by atoms with E-state index in [1.807, 2.05) is 12.1 Å². The van der Waals surface area contributed by atoms with E-state index in [-0.39, 0.29) is 12.7 Å². The lowest BCUT2D eigenvalue weighted by molar-refractivity contribution is -0.0363. The molecule has 1 unspecified atom stereocenters. The Morgan fingerprint density at radius 2 is 1.24 bits per heavy atom. The van der Waals surface area contributed by atoms with Crippen molar-refractivity contribution in [3.05, 3.63) is 119 Å². The maximum absolute atomic E-state index is 10.5. The fourth-order valence-electron chi connectivity index (χ4n) is 6.59. The molecule has 0 aromatic heterocycles. The first kappa shape index (κ1) is 28.8. The van der Waals surface area contributed by atoms with Gasteiger partial charge in [0, 0.05) is 5.88 Å². The first-order chi connectivity index (χ1) is 20.7. The third-order valence-electron chi connectivity index (χ3n) is 8.59. The molecule has 0 radical (unpaired) electrons. The van der Waals surface area contributed by atoms with Crippen molar-refractivity contribution in [2.75, 3.05) is 25.7 Å². The number of hydrogen-bond donors (Lipinski definition) is 1. The van der Waals surface area contributed by atoms with Crippen molar-refractivity contribution in [2.45, 2.75) is 56.1 Å². The fraction of sp³-hybridized carbons (Fsp3) is 0.351. The standard InChI is InChI=1S/C37H39ClO4/c38-23-8-24-40-31-19-15-27(16-20-31)37(35-13-6-4-11-33(35)34-12-5-7-14-36(34)37)28-17-21-32(22-18-28)42-26-29(39)25-41-30-9-2-1-3-10-30/h4-7,11-22,29-30,39H,1-3,8-10,23-26H2. The molecule has 1 N–H and O–H groups in total. The summed E-state index contributed by atoms with van der Waals surface area (Å²) < 4.78 is 17.9. The summed E-state index contributed by atoms with van der Waals surface area (Å²) in [6.07, 6.45) is 6.32. The summed E-state index contributed by atoms with van der Waals surface area (Å²) in [6, 6.07) is 34.2. The van der Waals surface area contributed by atoms with Crippen molar-refractivity contribution < 1.29 is 19.3 Å². The molecule has 42 heavy (non-hydrogen) atoms. The molecular weight excluding hydrogens is 544 g/mol. The van der Waals surface area contributed by atoms with Crippen LogP contribution in [0.15, 0.2) is 97.1 Å². The van der Waals surface area contributed by atoms with E-state index < -0.39 is 11.5 Å². The normalized spacial score (nSPS) is 16.4. The lowest BCUT2D eigenvalue weighted by Gasteiger charge is -2.34. The average Bonchev–Trinajstić information content (AvgIpc) is 3.35. The molecule has 2 aliphatic rings. The summed E-state index contributed by atoms with van der Waals surface area (Å²) in [5.74, 6) is 2.16. The van der Waals surface area contributed by atoms with Crippen LogP contribution < -0.4 is 9.47 Å². The van der Waals surface area contributed by atoms with Gasteiger partial charge in [-0.05, 0) is 76.9 Å². The molecule has 1 fully saturated rings. The van der Waals surface area contributed by atoms with Gasteiger partial charge in [0.2, 0.25) is 0 Å². The van der Waals surface area contributed by atoms with E-state index in [9.17, 15) is 5.11 Å². The molecule has 0 aliphatic heterocycles. The van der Waals surface area contributed by atoms with E-state index in [2.05, 4.69) is 84.9 Å². The predicted molar refractivity (Wildman–Crippen MR) is 169 cm³/mol. The van der Waals surface area contributed by atoms with Crippen molar-refractivity contribution in [2.24, 2.45) is 0 Å². The van der Waals surface area contributed by atoms with Crippen LogP contribution in [0.5, 0.6) is 11.5 Å². The van der Waals surface area contributed by atoms with E-state index in [0.29, 0.717) is 19.1 Å². The maximum Gasteiger partial charge on any atom is 0.119 e. The summed E-state index contributed by atoms with van der Waals surface area (Å²) in [7, 11) is 0. The van der Waals surface area contributed by atoms with Crippen LogP contribution in [0.3, 0.4) is 0 Å². The average molecular weight is 583 g/mol. The molecule has 218 valence electrons. The van der Waals surface area contributed by atoms with Crippen LogP contribution in [0.4, 0.5) is 0 Å². The second-order valence-corrected chi connectivity index (χ2v) is 11.7. The highest BCUT2D eigenvalue weighted by atomic mass is 35.5. The first-order valence-electron chi connectivity index (χ1n) is 15.2. The van der Waals surface area contributed by atoms with Gasteiger partial charge in [-0.25, -0.2) is 0 Å². The van der Waals surface area contributed by atoms with Crippen molar-refractivity contribution in [3.63, 3.8) is 0 Å². The molecule has 0 heterocycles. The Balaban J connectivity index is 1.28. The van der Waals surface area contributed by atoms with Gasteiger partial charge in [-0.3, -0.25) is 0 Å². The molecular formula is C37H39ClO4. The van der Waals surface area contributed by atoms with Crippen LogP contribution in [0, 0.1) is 0 Å². The zero-order valence-electron chi connectivity index (χ0n) is 24.0. The van der Waals surface area contributed by atoms with Gasteiger partial charge >= 0.3 is 0 Å². The van der Waals surface area contributed by atoms with Gasteiger partial charge < -0.3 is 19.3 Å². The second kappa shape index (κ2) is 13.3. The zero-order chi connectivity index (χ0) is 28.8. The molecule has 5 heteroatoms. The van der Waals surface area contributed by atoms with Crippen LogP contribution in [-0.2, 0) is 10.2 Å². The van der Waals surface area contributed by atoms with Crippen LogP contribution >= 0.6 is 11.6 Å². The molecule has 0 saturated heterocycles. The highest BCUT2D eigenvalue weighted by Crippen LogP contribution is 2.56. The van der Waals surface area contributed by atoms with Gasteiger partial charge in [0.1, 0.15) is 24.2 Å². The minimum atomic E-state index is -0.656. The Hall–Kier alpha value is -3.31. The summed E-state index contributed by atoms with van der Waals surface area (Å²) in [4.78, 5) is 0. The van der Waals surface area contributed by atoms with E-state index in [0.717, 1.165) is 36.3 Å². The second-order valence-electron chi connectivity index (χ2n) is 11.3. The lowest BCUT2D eigenvalue weighted by atomic mass is 9.68. The number of fused-ring (bicyclic) bond motifs is 3. The molecule has 1 atom stereocenters. The van der Waals surface area contributed by atoms with E-state index in [1.165, 1.54) is 47.1 Å². The third-order valence-corrected chi connectivity index (χ3v) is 8.86. The number of benzene rings is 4. The Morgan fingerprint density at radius 1 is 0.690 bits per heavy atom. The Morgan fingerprint density at radius 3 is 1.81 bits per heavy atom. The minimum absolute atomic E-state index is 0.202. The molecule has 0 bridgehead atoms. The topological polar surface area (TPSA) is 47.9 Å². The smallest absolute Gasteiger partial charge is 0.119 e. The van der Waals surface area contributed by atoms with Crippen molar-refractivity contribution in [3.8, 4) is 22.6 Å². The summed E-state index contributed by atoms with van der Waals surface area (Å²) in [5.41, 5.74) is 6.84. The Bertz CT molecular complexity index is 1400. The van der Waals surface area contributed by atoms with Crippen LogP contribution in [-0.4, -0.2) is 43.0 Å². The zero-order valence-corrected chi connectivity index (χ0v) is 24.8. The first-order valence-corrected chi connectivity index (χ1v) is 15.8. The van der Waals surface area contributed by atoms with Gasteiger partial charge in [0.25, 0.3) is 0 Å². The quantitative estimate of drug-likeness (QED) is 0.119. The van der Waals surface area contributed by atoms with Gasteiger partial charge in [-0.2, -0.15) is 0 Å². The number of hydrogen-bond acceptors (Lipinski definition) is 4. The predicted octanol–water partition coefficient (Wildman–Crippen LogP) is 8.15. The lowest BCUT2D eigenvalue weighted by Crippen LogP contribution is -2.29. The van der Waals surface area contributed by atoms with Crippen molar-refractivity contribution in [1.82, 2.24) is 0 Å². The molecule has 0 spiro atoms. The summed E-state index contributed by atoms with van der Waals surface area (Å²) in [6.45, 7) is 1.11. The molecule has 2 aliphatic carbocycles. The summed E-state index contributed by atoms with van der Waals surface area (Å²) >= 11 is 5.84. The van der Waals surface area contributed by atoms with E-state index in [4.69, 9.17) is 25.8 Å². The van der Waals surface area contributed by atoms with Crippen molar-refractivity contribution >= 4 is 11.6 Å². The molecule has 0 amide bonds. The van der Waals surface area contributed by atoms with E-state index >= 15 is 0 Å². The number of aliphatic hydroxyl groups excluding tert-OH is 1.